The summed E-state index contributed by atoms with van der Waals surface area (Å²) in [6.45, 7) is 0. The molecule has 0 saturated heterocycles. The molecule has 1 atom stereocenters. The highest BCUT2D eigenvalue weighted by Gasteiger charge is 2.13. The molecule has 0 aliphatic rings. The van der Waals surface area contributed by atoms with Gasteiger partial charge in [0, 0.05) is 12.1 Å². The van der Waals surface area contributed by atoms with E-state index < -0.39 is 29.3 Å². The lowest BCUT2D eigenvalue weighted by Crippen LogP contribution is -2.26. The van der Waals surface area contributed by atoms with Crippen LogP contribution in [0, 0.1) is 23.3 Å². The van der Waals surface area contributed by atoms with Crippen LogP contribution in [-0.4, -0.2) is 6.04 Å². The Morgan fingerprint density at radius 3 is 2.20 bits per heavy atom. The molecule has 2 N–H and O–H groups in total. The number of benzene rings is 2. The fourth-order valence-electron chi connectivity index (χ4n) is 2.09. The second-order valence-corrected chi connectivity index (χ2v) is 4.66. The first-order valence-corrected chi connectivity index (χ1v) is 6.09. The van der Waals surface area contributed by atoms with Gasteiger partial charge >= 0.3 is 0 Å². The summed E-state index contributed by atoms with van der Waals surface area (Å²) in [4.78, 5) is 0. The minimum Gasteiger partial charge on any atom is -0.327 e. The first-order chi connectivity index (χ1) is 9.45. The predicted octanol–water partition coefficient (Wildman–Crippen LogP) is 3.36. The highest BCUT2D eigenvalue weighted by Crippen LogP contribution is 2.15. The Morgan fingerprint density at radius 1 is 0.900 bits per heavy atom. The van der Waals surface area contributed by atoms with E-state index in [0.717, 1.165) is 12.1 Å². The SMILES string of the molecule is NC(Cc1cc(F)cc(F)c1)Cc1cccc(F)c1F. The van der Waals surface area contributed by atoms with E-state index in [4.69, 9.17) is 5.73 Å². The number of hydrogen-bond donors (Lipinski definition) is 1. The summed E-state index contributed by atoms with van der Waals surface area (Å²) in [6.07, 6.45) is 0.256. The van der Waals surface area contributed by atoms with Gasteiger partial charge in [0.05, 0.1) is 0 Å². The zero-order valence-corrected chi connectivity index (χ0v) is 10.5. The smallest absolute Gasteiger partial charge is 0.162 e. The Kier molecular flexibility index (Phi) is 4.39. The third-order valence-corrected chi connectivity index (χ3v) is 2.93. The van der Waals surface area contributed by atoms with Crippen LogP contribution in [0.25, 0.3) is 0 Å². The maximum Gasteiger partial charge on any atom is 0.162 e. The molecule has 5 heteroatoms. The molecule has 20 heavy (non-hydrogen) atoms. The molecule has 0 radical (unpaired) electrons. The number of nitrogens with two attached hydrogens (primary N) is 1. The Hall–Kier alpha value is -1.88. The molecule has 0 bridgehead atoms. The summed E-state index contributed by atoms with van der Waals surface area (Å²) in [5.74, 6) is -3.26. The van der Waals surface area contributed by atoms with Crippen LogP contribution in [0.5, 0.6) is 0 Å². The molecule has 0 aliphatic heterocycles. The van der Waals surface area contributed by atoms with Crippen molar-refractivity contribution in [2.24, 2.45) is 5.73 Å². The van der Waals surface area contributed by atoms with Crippen LogP contribution in [0.4, 0.5) is 17.6 Å². The standard InChI is InChI=1S/C15H13F4N/c16-11-4-9(5-12(17)8-11)6-13(20)7-10-2-1-3-14(18)15(10)19/h1-5,8,13H,6-7,20H2. The van der Waals surface area contributed by atoms with Crippen LogP contribution >= 0.6 is 0 Å². The van der Waals surface area contributed by atoms with E-state index in [1.807, 2.05) is 0 Å². The van der Waals surface area contributed by atoms with Crippen LogP contribution in [0.2, 0.25) is 0 Å². The van der Waals surface area contributed by atoms with Crippen molar-refractivity contribution in [2.75, 3.05) is 0 Å². The van der Waals surface area contributed by atoms with Gasteiger partial charge in [-0.25, -0.2) is 17.6 Å². The van der Waals surface area contributed by atoms with Crippen molar-refractivity contribution in [3.8, 4) is 0 Å². The van der Waals surface area contributed by atoms with Gasteiger partial charge in [-0.2, -0.15) is 0 Å². The largest absolute Gasteiger partial charge is 0.327 e. The van der Waals surface area contributed by atoms with Crippen LogP contribution < -0.4 is 5.73 Å². The van der Waals surface area contributed by atoms with Crippen molar-refractivity contribution >= 4 is 0 Å². The van der Waals surface area contributed by atoms with E-state index in [0.29, 0.717) is 5.56 Å². The van der Waals surface area contributed by atoms with Crippen LogP contribution in [-0.2, 0) is 12.8 Å². The summed E-state index contributed by atoms with van der Waals surface area (Å²) in [6, 6.07) is 6.39. The van der Waals surface area contributed by atoms with E-state index in [9.17, 15) is 17.6 Å². The topological polar surface area (TPSA) is 26.0 Å². The lowest BCUT2D eigenvalue weighted by atomic mass is 9.99. The molecule has 2 aromatic rings. The number of halogens is 4. The monoisotopic (exact) mass is 283 g/mol. The first kappa shape index (κ1) is 14.5. The molecular formula is C15H13F4N. The molecule has 2 rings (SSSR count). The lowest BCUT2D eigenvalue weighted by molar-refractivity contribution is 0.492. The molecular weight excluding hydrogens is 270 g/mol. The second-order valence-electron chi connectivity index (χ2n) is 4.66. The average molecular weight is 283 g/mol. The molecule has 0 amide bonds. The van der Waals surface area contributed by atoms with Crippen molar-refractivity contribution in [3.05, 3.63) is 70.8 Å². The van der Waals surface area contributed by atoms with Gasteiger partial charge < -0.3 is 5.73 Å². The maximum absolute atomic E-state index is 13.5. The predicted molar refractivity (Wildman–Crippen MR) is 68.1 cm³/mol. The van der Waals surface area contributed by atoms with Crippen LogP contribution in [0.3, 0.4) is 0 Å². The summed E-state index contributed by atoms with van der Waals surface area (Å²) in [7, 11) is 0. The van der Waals surface area contributed by atoms with Gasteiger partial charge in [0.15, 0.2) is 11.6 Å². The van der Waals surface area contributed by atoms with Gasteiger partial charge in [-0.05, 0) is 42.2 Å². The molecule has 1 unspecified atom stereocenters. The Labute approximate surface area is 114 Å². The fraction of sp³-hybridized carbons (Fsp3) is 0.200. The fourth-order valence-corrected chi connectivity index (χ4v) is 2.09. The summed E-state index contributed by atoms with van der Waals surface area (Å²) >= 11 is 0. The zero-order chi connectivity index (χ0) is 14.7. The third-order valence-electron chi connectivity index (χ3n) is 2.93. The van der Waals surface area contributed by atoms with Gasteiger partial charge in [0.1, 0.15) is 11.6 Å². The van der Waals surface area contributed by atoms with Crippen molar-refractivity contribution in [1.82, 2.24) is 0 Å². The molecule has 0 fully saturated rings. The number of rotatable bonds is 4. The first-order valence-electron chi connectivity index (χ1n) is 6.09. The van der Waals surface area contributed by atoms with Crippen molar-refractivity contribution < 1.29 is 17.6 Å². The van der Waals surface area contributed by atoms with E-state index in [1.165, 1.54) is 24.3 Å². The summed E-state index contributed by atoms with van der Waals surface area (Å²) < 4.78 is 52.6. The molecule has 0 heterocycles. The highest BCUT2D eigenvalue weighted by molar-refractivity contribution is 5.22. The molecule has 1 nitrogen and oxygen atoms in total. The average Bonchev–Trinajstić information content (AvgIpc) is 2.33. The lowest BCUT2D eigenvalue weighted by Gasteiger charge is -2.13. The third kappa shape index (κ3) is 3.57. The van der Waals surface area contributed by atoms with E-state index >= 15 is 0 Å². The minimum atomic E-state index is -0.938. The van der Waals surface area contributed by atoms with Crippen LogP contribution in [0.1, 0.15) is 11.1 Å². The molecule has 106 valence electrons. The minimum absolute atomic E-state index is 0.0850. The Morgan fingerprint density at radius 2 is 1.55 bits per heavy atom. The molecule has 0 spiro atoms. The van der Waals surface area contributed by atoms with Gasteiger partial charge in [-0.1, -0.05) is 12.1 Å². The summed E-state index contributed by atoms with van der Waals surface area (Å²) in [5.41, 5.74) is 6.35. The van der Waals surface area contributed by atoms with E-state index in [1.54, 1.807) is 0 Å². The Bertz CT molecular complexity index is 593. The number of hydrogen-bond acceptors (Lipinski definition) is 1. The highest BCUT2D eigenvalue weighted by atomic mass is 19.2. The van der Waals surface area contributed by atoms with Gasteiger partial charge in [-0.15, -0.1) is 0 Å². The van der Waals surface area contributed by atoms with Gasteiger partial charge in [-0.3, -0.25) is 0 Å². The van der Waals surface area contributed by atoms with Crippen molar-refractivity contribution in [1.29, 1.82) is 0 Å². The van der Waals surface area contributed by atoms with Gasteiger partial charge in [0.25, 0.3) is 0 Å². The van der Waals surface area contributed by atoms with E-state index in [2.05, 4.69) is 0 Å². The second kappa shape index (κ2) is 6.05. The molecule has 0 aliphatic carbocycles. The maximum atomic E-state index is 13.5. The van der Waals surface area contributed by atoms with Crippen LogP contribution in [0.15, 0.2) is 36.4 Å². The zero-order valence-electron chi connectivity index (χ0n) is 10.5. The van der Waals surface area contributed by atoms with Crippen molar-refractivity contribution in [2.45, 2.75) is 18.9 Å². The quantitative estimate of drug-likeness (QED) is 0.856. The molecule has 0 saturated carbocycles. The van der Waals surface area contributed by atoms with Gasteiger partial charge in [0.2, 0.25) is 0 Å². The molecule has 0 aromatic heterocycles. The van der Waals surface area contributed by atoms with Crippen molar-refractivity contribution in [3.63, 3.8) is 0 Å². The summed E-state index contributed by atoms with van der Waals surface area (Å²) in [5, 5.41) is 0. The van der Waals surface area contributed by atoms with E-state index in [-0.39, 0.29) is 18.4 Å². The molecule has 2 aromatic carbocycles. The Balaban J connectivity index is 2.09. The normalized spacial score (nSPS) is 12.4.